The molecule has 1 amide bonds. The lowest BCUT2D eigenvalue weighted by Crippen LogP contribution is -2.51. The maximum Gasteiger partial charge on any atom is 0.251 e. The number of nitrogens with zero attached hydrogens (tertiary/aromatic N) is 5. The first-order valence-electron chi connectivity index (χ1n) is 8.64. The topological polar surface area (TPSA) is 71.5 Å². The Hall–Kier alpha value is -1.90. The zero-order valence-corrected chi connectivity index (χ0v) is 14.8. The monoisotopic (exact) mass is 359 g/mol. The van der Waals surface area contributed by atoms with Crippen LogP contribution in [0.15, 0.2) is 23.8 Å². The lowest BCUT2D eigenvalue weighted by molar-refractivity contribution is -0.142. The first kappa shape index (κ1) is 16.6. The lowest BCUT2D eigenvalue weighted by atomic mass is 10.2. The molecule has 25 heavy (non-hydrogen) atoms. The van der Waals surface area contributed by atoms with Crippen LogP contribution in [0, 0.1) is 0 Å². The van der Waals surface area contributed by atoms with Gasteiger partial charge in [0, 0.05) is 57.1 Å². The van der Waals surface area contributed by atoms with Gasteiger partial charge in [0.05, 0.1) is 5.69 Å². The van der Waals surface area contributed by atoms with Crippen LogP contribution in [0.2, 0.25) is 0 Å². The number of ether oxygens (including phenoxy) is 1. The molecule has 0 N–H and O–H groups in total. The molecule has 2 aromatic rings. The fraction of sp³-hybridized carbons (Fsp3) is 0.529. The second-order valence-electron chi connectivity index (χ2n) is 6.32. The van der Waals surface area contributed by atoms with Crippen LogP contribution in [0.4, 0.5) is 0 Å². The molecule has 4 rings (SSSR count). The van der Waals surface area contributed by atoms with Crippen molar-refractivity contribution < 1.29 is 9.53 Å². The van der Waals surface area contributed by atoms with Crippen molar-refractivity contribution in [3.8, 4) is 10.8 Å². The van der Waals surface area contributed by atoms with E-state index < -0.39 is 0 Å². The molecule has 0 aliphatic carbocycles. The maximum atomic E-state index is 12.4. The third-order valence-corrected chi connectivity index (χ3v) is 5.47. The van der Waals surface area contributed by atoms with Crippen molar-refractivity contribution >= 4 is 17.2 Å². The zero-order chi connectivity index (χ0) is 17.1. The van der Waals surface area contributed by atoms with Gasteiger partial charge in [-0.3, -0.25) is 9.69 Å². The van der Waals surface area contributed by atoms with Crippen LogP contribution in [-0.4, -0.2) is 69.5 Å². The second kappa shape index (κ2) is 7.55. The first-order valence-corrected chi connectivity index (χ1v) is 9.52. The SMILES string of the molecule is O=C(C1CCCO1)N1CCN(Cc2csc(-c3ncccn3)n2)CC1. The van der Waals surface area contributed by atoms with E-state index in [2.05, 4.69) is 25.2 Å². The number of carbonyl (C=O) groups excluding carboxylic acids is 1. The summed E-state index contributed by atoms with van der Waals surface area (Å²) in [6.45, 7) is 4.77. The fourth-order valence-corrected chi connectivity index (χ4v) is 3.98. The number of aromatic nitrogens is 3. The molecule has 0 radical (unpaired) electrons. The molecule has 1 atom stereocenters. The van der Waals surface area contributed by atoms with Gasteiger partial charge in [0.1, 0.15) is 6.10 Å². The Balaban J connectivity index is 1.30. The van der Waals surface area contributed by atoms with Crippen LogP contribution in [-0.2, 0) is 16.1 Å². The predicted molar refractivity (Wildman–Crippen MR) is 94.0 cm³/mol. The fourth-order valence-electron chi connectivity index (χ4n) is 3.22. The van der Waals surface area contributed by atoms with Crippen molar-refractivity contribution in [1.82, 2.24) is 24.8 Å². The Bertz CT molecular complexity index is 709. The van der Waals surface area contributed by atoms with Crippen molar-refractivity contribution in [2.24, 2.45) is 0 Å². The van der Waals surface area contributed by atoms with Crippen LogP contribution < -0.4 is 0 Å². The summed E-state index contributed by atoms with van der Waals surface area (Å²) in [5.74, 6) is 0.833. The summed E-state index contributed by atoms with van der Waals surface area (Å²) in [5, 5.41) is 2.91. The van der Waals surface area contributed by atoms with E-state index in [1.165, 1.54) is 0 Å². The van der Waals surface area contributed by atoms with E-state index in [0.29, 0.717) is 12.4 Å². The standard InChI is InChI=1S/C17H21N5O2S/c23-17(14-3-1-10-24-14)22-8-6-21(7-9-22)11-13-12-25-16(20-13)15-18-4-2-5-19-15/h2,4-5,12,14H,1,3,6-11H2. The van der Waals surface area contributed by atoms with Crippen LogP contribution in [0.3, 0.4) is 0 Å². The van der Waals surface area contributed by atoms with Gasteiger partial charge in [-0.1, -0.05) is 0 Å². The number of hydrogen-bond donors (Lipinski definition) is 0. The van der Waals surface area contributed by atoms with Gasteiger partial charge in [0.2, 0.25) is 0 Å². The van der Waals surface area contributed by atoms with E-state index in [1.54, 1.807) is 29.8 Å². The van der Waals surface area contributed by atoms with Gasteiger partial charge in [-0.25, -0.2) is 15.0 Å². The van der Waals surface area contributed by atoms with Crippen LogP contribution >= 0.6 is 11.3 Å². The molecular weight excluding hydrogens is 338 g/mol. The normalized spacial score (nSPS) is 21.6. The minimum absolute atomic E-state index is 0.161. The summed E-state index contributed by atoms with van der Waals surface area (Å²) in [5.41, 5.74) is 1.03. The lowest BCUT2D eigenvalue weighted by Gasteiger charge is -2.35. The highest BCUT2D eigenvalue weighted by molar-refractivity contribution is 7.13. The van der Waals surface area contributed by atoms with Crippen molar-refractivity contribution in [2.75, 3.05) is 32.8 Å². The molecular formula is C17H21N5O2S. The highest BCUT2D eigenvalue weighted by Crippen LogP contribution is 2.21. The first-order chi connectivity index (χ1) is 12.3. The average molecular weight is 359 g/mol. The largest absolute Gasteiger partial charge is 0.368 e. The molecule has 0 saturated carbocycles. The van der Waals surface area contributed by atoms with E-state index >= 15 is 0 Å². The van der Waals surface area contributed by atoms with Gasteiger partial charge >= 0.3 is 0 Å². The van der Waals surface area contributed by atoms with Gasteiger partial charge in [0.25, 0.3) is 5.91 Å². The minimum atomic E-state index is -0.210. The van der Waals surface area contributed by atoms with E-state index in [4.69, 9.17) is 4.74 Å². The molecule has 7 nitrogen and oxygen atoms in total. The number of thiazole rings is 1. The van der Waals surface area contributed by atoms with E-state index in [-0.39, 0.29) is 12.0 Å². The number of piperazine rings is 1. The van der Waals surface area contributed by atoms with Gasteiger partial charge in [0.15, 0.2) is 10.8 Å². The summed E-state index contributed by atoms with van der Waals surface area (Å²) in [6, 6.07) is 1.80. The van der Waals surface area contributed by atoms with Gasteiger partial charge < -0.3 is 9.64 Å². The van der Waals surface area contributed by atoms with Crippen LogP contribution in [0.25, 0.3) is 10.8 Å². The zero-order valence-electron chi connectivity index (χ0n) is 14.0. The minimum Gasteiger partial charge on any atom is -0.368 e. The third kappa shape index (κ3) is 3.86. The molecule has 2 aromatic heterocycles. The number of carbonyl (C=O) groups is 1. The Morgan fingerprint density at radius 3 is 2.76 bits per heavy atom. The van der Waals surface area contributed by atoms with E-state index in [0.717, 1.165) is 56.3 Å². The summed E-state index contributed by atoms with van der Waals surface area (Å²) in [6.07, 6.45) is 5.11. The van der Waals surface area contributed by atoms with Crippen molar-refractivity contribution in [2.45, 2.75) is 25.5 Å². The molecule has 0 bridgehead atoms. The smallest absolute Gasteiger partial charge is 0.251 e. The molecule has 8 heteroatoms. The molecule has 0 aromatic carbocycles. The quantitative estimate of drug-likeness (QED) is 0.822. The van der Waals surface area contributed by atoms with Crippen molar-refractivity contribution in [1.29, 1.82) is 0 Å². The summed E-state index contributed by atoms with van der Waals surface area (Å²) in [7, 11) is 0. The van der Waals surface area contributed by atoms with Gasteiger partial charge in [-0.05, 0) is 18.9 Å². The van der Waals surface area contributed by atoms with Gasteiger partial charge in [-0.2, -0.15) is 0 Å². The van der Waals surface area contributed by atoms with Gasteiger partial charge in [-0.15, -0.1) is 11.3 Å². The summed E-state index contributed by atoms with van der Waals surface area (Å²) in [4.78, 5) is 29.8. The highest BCUT2D eigenvalue weighted by atomic mass is 32.1. The molecule has 132 valence electrons. The van der Waals surface area contributed by atoms with E-state index in [9.17, 15) is 4.79 Å². The molecule has 2 aliphatic rings. The molecule has 2 fully saturated rings. The van der Waals surface area contributed by atoms with Crippen molar-refractivity contribution in [3.63, 3.8) is 0 Å². The van der Waals surface area contributed by atoms with E-state index in [1.807, 2.05) is 4.90 Å². The second-order valence-corrected chi connectivity index (χ2v) is 7.18. The summed E-state index contributed by atoms with van der Waals surface area (Å²) >= 11 is 1.57. The average Bonchev–Trinajstić information content (AvgIpc) is 3.35. The number of amides is 1. The maximum absolute atomic E-state index is 12.4. The molecule has 4 heterocycles. The Morgan fingerprint density at radius 2 is 2.04 bits per heavy atom. The predicted octanol–water partition coefficient (Wildman–Crippen LogP) is 1.42. The van der Waals surface area contributed by atoms with Crippen LogP contribution in [0.1, 0.15) is 18.5 Å². The van der Waals surface area contributed by atoms with Crippen LogP contribution in [0.5, 0.6) is 0 Å². The highest BCUT2D eigenvalue weighted by Gasteiger charge is 2.30. The third-order valence-electron chi connectivity index (χ3n) is 4.58. The summed E-state index contributed by atoms with van der Waals surface area (Å²) < 4.78 is 5.51. The molecule has 2 aliphatic heterocycles. The Labute approximate surface area is 150 Å². The Morgan fingerprint density at radius 1 is 1.24 bits per heavy atom. The van der Waals surface area contributed by atoms with Crippen molar-refractivity contribution in [3.05, 3.63) is 29.5 Å². The Kier molecular flexibility index (Phi) is 5.00. The molecule has 1 unspecified atom stereocenters. The molecule has 0 spiro atoms. The number of rotatable bonds is 4. The molecule has 2 saturated heterocycles. The number of hydrogen-bond acceptors (Lipinski definition) is 7.